The van der Waals surface area contributed by atoms with Gasteiger partial charge in [-0.1, -0.05) is 31.4 Å². The van der Waals surface area contributed by atoms with Crippen LogP contribution in [-0.2, 0) is 11.8 Å². The number of likely N-dealkylation sites (tertiary alicyclic amines) is 1. The second kappa shape index (κ2) is 12.3. The molecule has 2 aromatic carbocycles. The third kappa shape index (κ3) is 5.76. The molecule has 1 saturated carbocycles. The zero-order valence-corrected chi connectivity index (χ0v) is 26.7. The average Bonchev–Trinajstić information content (AvgIpc) is 3.64. The zero-order chi connectivity index (χ0) is 32.7. The highest BCUT2D eigenvalue weighted by Crippen LogP contribution is 2.38. The highest BCUT2D eigenvalue weighted by Gasteiger charge is 2.42. The third-order valence-corrected chi connectivity index (χ3v) is 9.98. The van der Waals surface area contributed by atoms with Crippen LogP contribution >= 0.6 is 0 Å². The van der Waals surface area contributed by atoms with Gasteiger partial charge in [0.15, 0.2) is 5.82 Å². The highest BCUT2D eigenvalue weighted by atomic mass is 16.4. The normalized spacial score (nSPS) is 17.1. The van der Waals surface area contributed by atoms with Crippen molar-refractivity contribution in [3.63, 3.8) is 0 Å². The average molecular weight is 634 g/mol. The summed E-state index contributed by atoms with van der Waals surface area (Å²) in [7, 11) is 3.70. The van der Waals surface area contributed by atoms with E-state index in [1.807, 2.05) is 48.1 Å². The van der Waals surface area contributed by atoms with Crippen LogP contribution in [0.3, 0.4) is 0 Å². The minimum atomic E-state index is -1.13. The molecule has 242 valence electrons. The summed E-state index contributed by atoms with van der Waals surface area (Å²) in [6.07, 6.45) is 8.46. The van der Waals surface area contributed by atoms with Gasteiger partial charge in [-0.3, -0.25) is 9.59 Å². The Kier molecular flexibility index (Phi) is 8.01. The maximum atomic E-state index is 14.0. The summed E-state index contributed by atoms with van der Waals surface area (Å²) in [6.45, 7) is 1.29. The molecule has 0 radical (unpaired) electrons. The Morgan fingerprint density at radius 1 is 0.936 bits per heavy atom. The van der Waals surface area contributed by atoms with Crippen molar-refractivity contribution in [2.24, 2.45) is 7.05 Å². The molecule has 2 fully saturated rings. The van der Waals surface area contributed by atoms with Crippen molar-refractivity contribution >= 4 is 45.3 Å². The topological polar surface area (TPSA) is 134 Å². The summed E-state index contributed by atoms with van der Waals surface area (Å²) < 4.78 is 3.55. The Balaban J connectivity index is 1.18. The predicted molar refractivity (Wildman–Crippen MR) is 180 cm³/mol. The van der Waals surface area contributed by atoms with Gasteiger partial charge in [-0.2, -0.15) is 5.10 Å². The number of anilines is 1. The lowest BCUT2D eigenvalue weighted by Gasteiger charge is -2.40. The van der Waals surface area contributed by atoms with Crippen molar-refractivity contribution in [1.82, 2.24) is 29.5 Å². The highest BCUT2D eigenvalue weighted by molar-refractivity contribution is 6.06. The number of benzene rings is 2. The Bertz CT molecular complexity index is 1980. The van der Waals surface area contributed by atoms with Crippen LogP contribution in [0.2, 0.25) is 0 Å². The molecule has 3 aromatic heterocycles. The summed E-state index contributed by atoms with van der Waals surface area (Å²) in [6, 6.07) is 18.3. The van der Waals surface area contributed by atoms with Gasteiger partial charge < -0.3 is 25.2 Å². The van der Waals surface area contributed by atoms with E-state index < -0.39 is 11.5 Å². The summed E-state index contributed by atoms with van der Waals surface area (Å²) in [4.78, 5) is 46.3. The van der Waals surface area contributed by atoms with Crippen molar-refractivity contribution in [2.45, 2.75) is 56.4 Å². The van der Waals surface area contributed by atoms with Crippen LogP contribution < -0.4 is 10.6 Å². The van der Waals surface area contributed by atoms with Gasteiger partial charge >= 0.3 is 5.97 Å². The van der Waals surface area contributed by atoms with Crippen LogP contribution in [0, 0.1) is 0 Å². The number of hydrogen-bond acceptors (Lipinski definition) is 6. The summed E-state index contributed by atoms with van der Waals surface area (Å²) in [5.74, 6) is -0.526. The summed E-state index contributed by atoms with van der Waals surface area (Å²) in [5, 5.41) is 22.4. The third-order valence-electron chi connectivity index (χ3n) is 9.98. The van der Waals surface area contributed by atoms with E-state index in [1.165, 1.54) is 19.3 Å². The molecule has 1 aliphatic carbocycles. The van der Waals surface area contributed by atoms with E-state index in [-0.39, 0.29) is 17.5 Å². The number of amides is 2. The Morgan fingerprint density at radius 2 is 1.72 bits per heavy atom. The smallest absolute Gasteiger partial charge is 0.352 e. The van der Waals surface area contributed by atoms with Gasteiger partial charge in [-0.25, -0.2) is 14.5 Å². The number of aromatic carboxylic acids is 1. The first-order valence-electron chi connectivity index (χ1n) is 16.3. The molecule has 11 heteroatoms. The SMILES string of the molecule is CN1CCC(NC(=O)c2ccc3c(C4CCCCC4)n(-c4ccccn4)nc3c2)(C(=O)Nc2ccc3c(c2)cc(C(=O)O)n3C)CC1. The van der Waals surface area contributed by atoms with E-state index in [0.29, 0.717) is 48.5 Å². The number of nitrogens with zero attached hydrogens (tertiary/aromatic N) is 5. The molecular formula is C36H39N7O4. The predicted octanol–water partition coefficient (Wildman–Crippen LogP) is 5.49. The molecule has 3 N–H and O–H groups in total. The minimum Gasteiger partial charge on any atom is -0.477 e. The number of aryl methyl sites for hydroxylation is 1. The monoisotopic (exact) mass is 633 g/mol. The van der Waals surface area contributed by atoms with E-state index in [4.69, 9.17) is 5.10 Å². The van der Waals surface area contributed by atoms with Crippen LogP contribution in [-0.4, -0.2) is 72.8 Å². The molecule has 4 heterocycles. The standard InChI is InChI=1S/C36H39N7O4/c1-41-18-15-36(16-19-41,35(47)38-26-12-14-29-25(20-26)22-30(34(45)46)42(29)2)39-33(44)24-11-13-27-28(21-24)40-43(31-10-6-7-17-37-31)32(27)23-8-4-3-5-9-23/h6-7,10-14,17,20-23H,3-5,8-9,15-16,18-19H2,1-2H3,(H,38,47)(H,39,44)(H,45,46). The minimum absolute atomic E-state index is 0.162. The van der Waals surface area contributed by atoms with Crippen LogP contribution in [0.15, 0.2) is 66.9 Å². The van der Waals surface area contributed by atoms with Crippen molar-refractivity contribution in [3.05, 3.63) is 83.8 Å². The molecule has 11 nitrogen and oxygen atoms in total. The maximum absolute atomic E-state index is 14.0. The van der Waals surface area contributed by atoms with Gasteiger partial charge in [-0.15, -0.1) is 0 Å². The quantitative estimate of drug-likeness (QED) is 0.216. The number of fused-ring (bicyclic) bond motifs is 2. The fourth-order valence-corrected chi connectivity index (χ4v) is 7.25. The number of carboxylic acid groups (broad SMARTS) is 1. The Hall–Kier alpha value is -5.03. The van der Waals surface area contributed by atoms with E-state index in [0.717, 1.165) is 40.8 Å². The van der Waals surface area contributed by atoms with Crippen LogP contribution in [0.5, 0.6) is 0 Å². The van der Waals surface area contributed by atoms with Crippen LogP contribution in [0.25, 0.3) is 27.6 Å². The zero-order valence-electron chi connectivity index (χ0n) is 26.7. The summed E-state index contributed by atoms with van der Waals surface area (Å²) in [5.41, 5.74) is 2.62. The number of carbonyl (C=O) groups excluding carboxylic acids is 2. The first-order valence-corrected chi connectivity index (χ1v) is 16.3. The van der Waals surface area contributed by atoms with Crippen molar-refractivity contribution in [2.75, 3.05) is 25.5 Å². The van der Waals surface area contributed by atoms with Gasteiger partial charge in [0.1, 0.15) is 11.2 Å². The maximum Gasteiger partial charge on any atom is 0.352 e. The molecular weight excluding hydrogens is 594 g/mol. The van der Waals surface area contributed by atoms with Crippen molar-refractivity contribution < 1.29 is 19.5 Å². The van der Waals surface area contributed by atoms with E-state index in [1.54, 1.807) is 42.1 Å². The molecule has 0 spiro atoms. The number of aromatic nitrogens is 4. The molecule has 1 saturated heterocycles. The van der Waals surface area contributed by atoms with Gasteiger partial charge in [0, 0.05) is 59.8 Å². The number of hydrogen-bond donors (Lipinski definition) is 3. The molecule has 5 aromatic rings. The molecule has 7 rings (SSSR count). The molecule has 0 atom stereocenters. The molecule has 2 amide bonds. The van der Waals surface area contributed by atoms with Crippen LogP contribution in [0.4, 0.5) is 5.69 Å². The van der Waals surface area contributed by atoms with E-state index in [9.17, 15) is 19.5 Å². The molecule has 2 aliphatic rings. The lowest BCUT2D eigenvalue weighted by Crippen LogP contribution is -2.61. The van der Waals surface area contributed by atoms with E-state index in [2.05, 4.69) is 20.5 Å². The number of carboxylic acids is 1. The van der Waals surface area contributed by atoms with E-state index >= 15 is 0 Å². The Morgan fingerprint density at radius 3 is 2.45 bits per heavy atom. The van der Waals surface area contributed by atoms with Gasteiger partial charge in [0.05, 0.1) is 11.2 Å². The second-order valence-electron chi connectivity index (χ2n) is 13.0. The van der Waals surface area contributed by atoms with Gasteiger partial charge in [-0.05, 0) is 81.3 Å². The second-order valence-corrected chi connectivity index (χ2v) is 13.0. The van der Waals surface area contributed by atoms with Gasteiger partial charge in [0.25, 0.3) is 5.91 Å². The molecule has 0 unspecified atom stereocenters. The Labute approximate surface area is 272 Å². The number of carbonyl (C=O) groups is 3. The lowest BCUT2D eigenvalue weighted by atomic mass is 9.85. The molecule has 47 heavy (non-hydrogen) atoms. The number of nitrogens with one attached hydrogen (secondary N) is 2. The fraction of sp³-hybridized carbons (Fsp3) is 0.361. The molecule has 0 bridgehead atoms. The van der Waals surface area contributed by atoms with Gasteiger partial charge in [0.2, 0.25) is 5.91 Å². The van der Waals surface area contributed by atoms with Crippen molar-refractivity contribution in [3.8, 4) is 5.82 Å². The first kappa shape index (κ1) is 30.6. The summed E-state index contributed by atoms with van der Waals surface area (Å²) >= 11 is 0. The van der Waals surface area contributed by atoms with Crippen molar-refractivity contribution in [1.29, 1.82) is 0 Å². The first-order chi connectivity index (χ1) is 22.7. The largest absolute Gasteiger partial charge is 0.477 e. The number of pyridine rings is 1. The number of rotatable bonds is 7. The molecule has 1 aliphatic heterocycles. The number of piperidine rings is 1. The lowest BCUT2D eigenvalue weighted by molar-refractivity contribution is -0.123. The van der Waals surface area contributed by atoms with Crippen LogP contribution in [0.1, 0.15) is 77.4 Å². The fourth-order valence-electron chi connectivity index (χ4n) is 7.25.